The maximum Gasteiger partial charge on any atom is 0.203 e. The molecule has 2 N–H and O–H groups in total. The standard InChI is InChI=1S/C17H29N3O3.HI/c1-6-8-9-19-17(18-3)20-12-13-10-14(21-4)16(23-7-2)15(11-13)22-5;/h10-11H,6-9,12H2,1-5H3,(H2,18,19,20);1H. The fourth-order valence-electron chi connectivity index (χ4n) is 2.11. The highest BCUT2D eigenvalue weighted by Crippen LogP contribution is 2.38. The Bertz CT molecular complexity index is 485. The van der Waals surface area contributed by atoms with Crippen LogP contribution in [0.15, 0.2) is 17.1 Å². The molecule has 0 saturated carbocycles. The number of hydrogen-bond acceptors (Lipinski definition) is 4. The highest BCUT2D eigenvalue weighted by molar-refractivity contribution is 14.0. The van der Waals surface area contributed by atoms with Crippen LogP contribution >= 0.6 is 24.0 Å². The summed E-state index contributed by atoms with van der Waals surface area (Å²) in [5.41, 5.74) is 1.03. The highest BCUT2D eigenvalue weighted by Gasteiger charge is 2.14. The molecule has 0 spiro atoms. The van der Waals surface area contributed by atoms with Crippen LogP contribution in [0, 0.1) is 0 Å². The monoisotopic (exact) mass is 451 g/mol. The van der Waals surface area contributed by atoms with Crippen LogP contribution < -0.4 is 24.8 Å². The molecule has 0 heterocycles. The average molecular weight is 451 g/mol. The lowest BCUT2D eigenvalue weighted by molar-refractivity contribution is 0.288. The molecule has 0 amide bonds. The lowest BCUT2D eigenvalue weighted by Crippen LogP contribution is -2.37. The van der Waals surface area contributed by atoms with Crippen molar-refractivity contribution in [2.75, 3.05) is 34.4 Å². The third-order valence-electron chi connectivity index (χ3n) is 3.32. The van der Waals surface area contributed by atoms with Gasteiger partial charge >= 0.3 is 0 Å². The van der Waals surface area contributed by atoms with Crippen molar-refractivity contribution >= 4 is 29.9 Å². The second kappa shape index (κ2) is 13.0. The number of nitrogens with one attached hydrogen (secondary N) is 2. The molecule has 0 atom stereocenters. The van der Waals surface area contributed by atoms with Crippen LogP contribution in [0.3, 0.4) is 0 Å². The first kappa shape index (κ1) is 22.6. The molecule has 1 aromatic rings. The van der Waals surface area contributed by atoms with Gasteiger partial charge in [-0.15, -0.1) is 24.0 Å². The Labute approximate surface area is 162 Å². The molecule has 0 aromatic heterocycles. The third kappa shape index (κ3) is 7.02. The molecule has 0 saturated heterocycles. The van der Waals surface area contributed by atoms with E-state index in [1.165, 1.54) is 0 Å². The quantitative estimate of drug-likeness (QED) is 0.261. The Morgan fingerprint density at radius 3 is 2.17 bits per heavy atom. The van der Waals surface area contributed by atoms with E-state index in [1.807, 2.05) is 19.1 Å². The van der Waals surface area contributed by atoms with E-state index in [9.17, 15) is 0 Å². The Balaban J connectivity index is 0.00000529. The summed E-state index contributed by atoms with van der Waals surface area (Å²) in [5.74, 6) is 2.74. The van der Waals surface area contributed by atoms with Gasteiger partial charge in [-0.1, -0.05) is 13.3 Å². The first-order valence-corrected chi connectivity index (χ1v) is 8.02. The van der Waals surface area contributed by atoms with E-state index in [1.54, 1.807) is 21.3 Å². The van der Waals surface area contributed by atoms with Crippen LogP contribution in [-0.4, -0.2) is 40.4 Å². The molecule has 0 bridgehead atoms. The Hall–Kier alpha value is -1.38. The number of nitrogens with zero attached hydrogens (tertiary/aromatic N) is 1. The van der Waals surface area contributed by atoms with Crippen LogP contribution in [0.4, 0.5) is 0 Å². The predicted octanol–water partition coefficient (Wildman–Crippen LogP) is 3.19. The van der Waals surface area contributed by atoms with E-state index in [-0.39, 0.29) is 24.0 Å². The molecular weight excluding hydrogens is 421 g/mol. The first-order valence-electron chi connectivity index (χ1n) is 8.02. The van der Waals surface area contributed by atoms with Gasteiger partial charge in [-0.05, 0) is 31.0 Å². The van der Waals surface area contributed by atoms with E-state index in [0.29, 0.717) is 30.4 Å². The third-order valence-corrected chi connectivity index (χ3v) is 3.32. The topological polar surface area (TPSA) is 64.1 Å². The molecule has 138 valence electrons. The van der Waals surface area contributed by atoms with Crippen LogP contribution in [0.1, 0.15) is 32.3 Å². The maximum atomic E-state index is 5.61. The van der Waals surface area contributed by atoms with Gasteiger partial charge in [0.15, 0.2) is 17.5 Å². The van der Waals surface area contributed by atoms with Gasteiger partial charge in [0.05, 0.1) is 20.8 Å². The largest absolute Gasteiger partial charge is 0.493 e. The normalized spacial score (nSPS) is 10.6. The number of methoxy groups -OCH3 is 2. The molecule has 0 aliphatic rings. The van der Waals surface area contributed by atoms with E-state index >= 15 is 0 Å². The van der Waals surface area contributed by atoms with Gasteiger partial charge in [0.1, 0.15) is 0 Å². The molecular formula is C17H30IN3O3. The number of hydrogen-bond donors (Lipinski definition) is 2. The van der Waals surface area contributed by atoms with Crippen molar-refractivity contribution in [3.05, 3.63) is 17.7 Å². The van der Waals surface area contributed by atoms with Gasteiger partial charge in [-0.3, -0.25) is 4.99 Å². The maximum absolute atomic E-state index is 5.61. The Kier molecular flexibility index (Phi) is 12.2. The molecule has 0 fully saturated rings. The minimum atomic E-state index is 0. The van der Waals surface area contributed by atoms with Gasteiger partial charge in [-0.25, -0.2) is 0 Å². The van der Waals surface area contributed by atoms with E-state index < -0.39 is 0 Å². The fourth-order valence-corrected chi connectivity index (χ4v) is 2.11. The lowest BCUT2D eigenvalue weighted by atomic mass is 10.2. The number of benzene rings is 1. The van der Waals surface area contributed by atoms with E-state index in [0.717, 1.165) is 30.9 Å². The zero-order valence-electron chi connectivity index (χ0n) is 15.3. The Morgan fingerprint density at radius 2 is 1.71 bits per heavy atom. The molecule has 0 aliphatic carbocycles. The van der Waals surface area contributed by atoms with E-state index in [4.69, 9.17) is 14.2 Å². The summed E-state index contributed by atoms with van der Waals surface area (Å²) < 4.78 is 16.4. The van der Waals surface area contributed by atoms with Crippen molar-refractivity contribution in [3.8, 4) is 17.2 Å². The minimum Gasteiger partial charge on any atom is -0.493 e. The smallest absolute Gasteiger partial charge is 0.203 e. The summed E-state index contributed by atoms with van der Waals surface area (Å²) in [5, 5.41) is 6.57. The van der Waals surface area contributed by atoms with Gasteiger partial charge in [-0.2, -0.15) is 0 Å². The first-order chi connectivity index (χ1) is 11.2. The van der Waals surface area contributed by atoms with Gasteiger partial charge in [0.2, 0.25) is 5.75 Å². The zero-order valence-corrected chi connectivity index (χ0v) is 17.6. The molecule has 7 heteroatoms. The van der Waals surface area contributed by atoms with Crippen molar-refractivity contribution in [3.63, 3.8) is 0 Å². The number of halogens is 1. The van der Waals surface area contributed by atoms with Crippen molar-refractivity contribution in [2.24, 2.45) is 4.99 Å². The molecule has 1 aromatic carbocycles. The van der Waals surface area contributed by atoms with Crippen molar-refractivity contribution in [1.29, 1.82) is 0 Å². The molecule has 24 heavy (non-hydrogen) atoms. The lowest BCUT2D eigenvalue weighted by Gasteiger charge is -2.16. The molecule has 0 radical (unpaired) electrons. The molecule has 0 unspecified atom stereocenters. The Morgan fingerprint density at radius 1 is 1.08 bits per heavy atom. The number of rotatable bonds is 9. The van der Waals surface area contributed by atoms with Crippen LogP contribution in [0.25, 0.3) is 0 Å². The second-order valence-corrected chi connectivity index (χ2v) is 4.97. The summed E-state index contributed by atoms with van der Waals surface area (Å²) >= 11 is 0. The van der Waals surface area contributed by atoms with Crippen molar-refractivity contribution < 1.29 is 14.2 Å². The highest BCUT2D eigenvalue weighted by atomic mass is 127. The summed E-state index contributed by atoms with van der Waals surface area (Å²) in [6.07, 6.45) is 2.27. The molecule has 0 aliphatic heterocycles. The van der Waals surface area contributed by atoms with Crippen molar-refractivity contribution in [2.45, 2.75) is 33.2 Å². The summed E-state index contributed by atoms with van der Waals surface area (Å²) in [4.78, 5) is 4.21. The summed E-state index contributed by atoms with van der Waals surface area (Å²) in [6.45, 7) is 6.17. The molecule has 6 nitrogen and oxygen atoms in total. The van der Waals surface area contributed by atoms with Gasteiger partial charge in [0, 0.05) is 20.1 Å². The summed E-state index contributed by atoms with van der Waals surface area (Å²) in [6, 6.07) is 3.89. The van der Waals surface area contributed by atoms with Crippen LogP contribution in [0.2, 0.25) is 0 Å². The number of ether oxygens (including phenoxy) is 3. The number of unbranched alkanes of at least 4 members (excludes halogenated alkanes) is 1. The SMILES string of the molecule is CCCCNC(=NC)NCc1cc(OC)c(OCC)c(OC)c1.I. The minimum absolute atomic E-state index is 0. The van der Waals surface area contributed by atoms with Gasteiger partial charge in [0.25, 0.3) is 0 Å². The second-order valence-electron chi connectivity index (χ2n) is 4.97. The average Bonchev–Trinajstić information content (AvgIpc) is 2.58. The molecule has 1 rings (SSSR count). The number of aliphatic imine (C=N–C) groups is 1. The zero-order chi connectivity index (χ0) is 17.1. The van der Waals surface area contributed by atoms with Gasteiger partial charge < -0.3 is 24.8 Å². The predicted molar refractivity (Wildman–Crippen MR) is 109 cm³/mol. The van der Waals surface area contributed by atoms with Crippen LogP contribution in [0.5, 0.6) is 17.2 Å². The van der Waals surface area contributed by atoms with Crippen LogP contribution in [-0.2, 0) is 6.54 Å². The number of guanidine groups is 1. The van der Waals surface area contributed by atoms with E-state index in [2.05, 4.69) is 22.5 Å². The van der Waals surface area contributed by atoms with Crippen molar-refractivity contribution in [1.82, 2.24) is 10.6 Å². The summed E-state index contributed by atoms with van der Waals surface area (Å²) in [7, 11) is 5.01. The fraction of sp³-hybridized carbons (Fsp3) is 0.588.